The number of nitrogens with zero attached hydrogens (tertiary/aromatic N) is 2. The fourth-order valence-electron chi connectivity index (χ4n) is 1.33. The maximum Gasteiger partial charge on any atom is 0.227 e. The summed E-state index contributed by atoms with van der Waals surface area (Å²) in [6.07, 6.45) is 1.25. The third kappa shape index (κ3) is 2.68. The first-order valence-corrected chi connectivity index (χ1v) is 5.78. The van der Waals surface area contributed by atoms with Crippen molar-refractivity contribution in [2.24, 2.45) is 0 Å². The summed E-state index contributed by atoms with van der Waals surface area (Å²) < 4.78 is 6.05. The highest BCUT2D eigenvalue weighted by molar-refractivity contribution is 9.10. The van der Waals surface area contributed by atoms with Gasteiger partial charge in [-0.2, -0.15) is 4.98 Å². The molecular weight excluding hydrogens is 272 g/mol. The maximum absolute atomic E-state index is 8.69. The Balaban J connectivity index is 2.18. The van der Waals surface area contributed by atoms with E-state index in [0.29, 0.717) is 24.6 Å². The summed E-state index contributed by atoms with van der Waals surface area (Å²) in [6, 6.07) is 7.71. The van der Waals surface area contributed by atoms with Crippen molar-refractivity contribution in [1.82, 2.24) is 10.1 Å². The molecule has 0 aliphatic heterocycles. The SMILES string of the molecule is OCCCc1nc(-c2cccc(Br)c2)no1. The zero-order valence-electron chi connectivity index (χ0n) is 8.56. The van der Waals surface area contributed by atoms with Gasteiger partial charge in [-0.1, -0.05) is 33.2 Å². The summed E-state index contributed by atoms with van der Waals surface area (Å²) in [6.45, 7) is 0.134. The van der Waals surface area contributed by atoms with Crippen LogP contribution in [0.15, 0.2) is 33.3 Å². The second-order valence-electron chi connectivity index (χ2n) is 3.35. The first-order chi connectivity index (χ1) is 7.79. The smallest absolute Gasteiger partial charge is 0.227 e. The van der Waals surface area contributed by atoms with E-state index in [2.05, 4.69) is 26.1 Å². The second kappa shape index (κ2) is 5.23. The fourth-order valence-corrected chi connectivity index (χ4v) is 1.73. The molecule has 0 unspecified atom stereocenters. The highest BCUT2D eigenvalue weighted by Crippen LogP contribution is 2.20. The molecule has 1 aromatic carbocycles. The lowest BCUT2D eigenvalue weighted by molar-refractivity contribution is 0.278. The van der Waals surface area contributed by atoms with Crippen LogP contribution in [0.4, 0.5) is 0 Å². The van der Waals surface area contributed by atoms with Gasteiger partial charge in [0.2, 0.25) is 11.7 Å². The minimum atomic E-state index is 0.134. The van der Waals surface area contributed by atoms with E-state index in [9.17, 15) is 0 Å². The van der Waals surface area contributed by atoms with Gasteiger partial charge in [0, 0.05) is 23.1 Å². The minimum Gasteiger partial charge on any atom is -0.396 e. The standard InChI is InChI=1S/C11H11BrN2O2/c12-9-4-1-3-8(7-9)11-13-10(16-14-11)5-2-6-15/h1,3-4,7,15H,2,5-6H2. The average molecular weight is 283 g/mol. The first kappa shape index (κ1) is 11.3. The Hall–Kier alpha value is -1.20. The van der Waals surface area contributed by atoms with E-state index in [1.807, 2.05) is 24.3 Å². The van der Waals surface area contributed by atoms with Crippen LogP contribution >= 0.6 is 15.9 Å². The van der Waals surface area contributed by atoms with Gasteiger partial charge < -0.3 is 9.63 Å². The number of aryl methyl sites for hydroxylation is 1. The Labute approximate surface area is 101 Å². The van der Waals surface area contributed by atoms with Crippen LogP contribution in [0, 0.1) is 0 Å². The van der Waals surface area contributed by atoms with Crippen molar-refractivity contribution >= 4 is 15.9 Å². The highest BCUT2D eigenvalue weighted by Gasteiger charge is 2.08. The van der Waals surface area contributed by atoms with Gasteiger partial charge >= 0.3 is 0 Å². The number of aliphatic hydroxyl groups is 1. The molecule has 0 atom stereocenters. The van der Waals surface area contributed by atoms with Crippen molar-refractivity contribution in [2.75, 3.05) is 6.61 Å². The average Bonchev–Trinajstić information content (AvgIpc) is 2.75. The molecule has 4 nitrogen and oxygen atoms in total. The van der Waals surface area contributed by atoms with Crippen molar-refractivity contribution in [3.63, 3.8) is 0 Å². The molecule has 0 saturated carbocycles. The molecule has 2 aromatic rings. The quantitative estimate of drug-likeness (QED) is 0.936. The van der Waals surface area contributed by atoms with Crippen LogP contribution in [0.5, 0.6) is 0 Å². The molecule has 0 aliphatic rings. The molecule has 0 radical (unpaired) electrons. The van der Waals surface area contributed by atoms with Gasteiger partial charge in [0.05, 0.1) is 0 Å². The van der Waals surface area contributed by atoms with Crippen LogP contribution in [0.25, 0.3) is 11.4 Å². The Bertz CT molecular complexity index is 471. The van der Waals surface area contributed by atoms with Crippen molar-refractivity contribution in [1.29, 1.82) is 0 Å². The van der Waals surface area contributed by atoms with E-state index in [0.717, 1.165) is 10.0 Å². The molecule has 16 heavy (non-hydrogen) atoms. The van der Waals surface area contributed by atoms with Crippen molar-refractivity contribution < 1.29 is 9.63 Å². The van der Waals surface area contributed by atoms with E-state index in [1.165, 1.54) is 0 Å². The van der Waals surface area contributed by atoms with Crippen LogP contribution in [0.1, 0.15) is 12.3 Å². The lowest BCUT2D eigenvalue weighted by Crippen LogP contribution is -1.89. The molecule has 0 aliphatic carbocycles. The number of halogens is 1. The topological polar surface area (TPSA) is 59.2 Å². The van der Waals surface area contributed by atoms with E-state index >= 15 is 0 Å². The predicted octanol–water partition coefficient (Wildman–Crippen LogP) is 2.42. The van der Waals surface area contributed by atoms with Crippen LogP contribution < -0.4 is 0 Å². The summed E-state index contributed by atoms with van der Waals surface area (Å²) in [7, 11) is 0. The van der Waals surface area contributed by atoms with E-state index in [-0.39, 0.29) is 6.61 Å². The number of benzene rings is 1. The van der Waals surface area contributed by atoms with Crippen molar-refractivity contribution in [3.8, 4) is 11.4 Å². The van der Waals surface area contributed by atoms with Gasteiger partial charge in [0.1, 0.15) is 0 Å². The van der Waals surface area contributed by atoms with E-state index in [1.54, 1.807) is 0 Å². The Morgan fingerprint density at radius 3 is 3.00 bits per heavy atom. The van der Waals surface area contributed by atoms with Crippen LogP contribution in [0.3, 0.4) is 0 Å². The largest absolute Gasteiger partial charge is 0.396 e. The van der Waals surface area contributed by atoms with Gasteiger partial charge in [0.25, 0.3) is 0 Å². The van der Waals surface area contributed by atoms with Gasteiger partial charge in [-0.15, -0.1) is 0 Å². The van der Waals surface area contributed by atoms with E-state index in [4.69, 9.17) is 9.63 Å². The summed E-state index contributed by atoms with van der Waals surface area (Å²) in [5, 5.41) is 12.6. The lowest BCUT2D eigenvalue weighted by atomic mass is 10.2. The number of rotatable bonds is 4. The number of hydrogen-bond donors (Lipinski definition) is 1. The third-order valence-corrected chi connectivity index (χ3v) is 2.59. The zero-order valence-corrected chi connectivity index (χ0v) is 10.1. The molecule has 2 rings (SSSR count). The highest BCUT2D eigenvalue weighted by atomic mass is 79.9. The summed E-state index contributed by atoms with van der Waals surface area (Å²) in [4.78, 5) is 4.25. The Kier molecular flexibility index (Phi) is 3.69. The molecule has 1 N–H and O–H groups in total. The third-order valence-electron chi connectivity index (χ3n) is 2.10. The van der Waals surface area contributed by atoms with Gasteiger partial charge in [-0.25, -0.2) is 0 Å². The molecule has 1 aromatic heterocycles. The lowest BCUT2D eigenvalue weighted by Gasteiger charge is -1.94. The van der Waals surface area contributed by atoms with Gasteiger partial charge in [-0.05, 0) is 18.6 Å². The van der Waals surface area contributed by atoms with E-state index < -0.39 is 0 Å². The molecule has 0 saturated heterocycles. The summed E-state index contributed by atoms with van der Waals surface area (Å²) in [5.41, 5.74) is 0.911. The normalized spacial score (nSPS) is 10.6. The Morgan fingerprint density at radius 1 is 1.38 bits per heavy atom. The number of aliphatic hydroxyl groups excluding tert-OH is 1. The molecule has 5 heteroatoms. The summed E-state index contributed by atoms with van der Waals surface area (Å²) in [5.74, 6) is 1.14. The first-order valence-electron chi connectivity index (χ1n) is 4.99. The molecule has 1 heterocycles. The molecule has 0 spiro atoms. The van der Waals surface area contributed by atoms with Gasteiger partial charge in [0.15, 0.2) is 0 Å². The van der Waals surface area contributed by atoms with Crippen LogP contribution in [-0.4, -0.2) is 21.9 Å². The number of hydrogen-bond acceptors (Lipinski definition) is 4. The van der Waals surface area contributed by atoms with Crippen molar-refractivity contribution in [3.05, 3.63) is 34.6 Å². The zero-order chi connectivity index (χ0) is 11.4. The summed E-state index contributed by atoms with van der Waals surface area (Å²) >= 11 is 3.39. The fraction of sp³-hybridized carbons (Fsp3) is 0.273. The molecule has 0 fully saturated rings. The monoisotopic (exact) mass is 282 g/mol. The van der Waals surface area contributed by atoms with Crippen molar-refractivity contribution in [2.45, 2.75) is 12.8 Å². The maximum atomic E-state index is 8.69. The molecule has 0 bridgehead atoms. The van der Waals surface area contributed by atoms with Gasteiger partial charge in [-0.3, -0.25) is 0 Å². The van der Waals surface area contributed by atoms with Crippen LogP contribution in [0.2, 0.25) is 0 Å². The molecule has 0 amide bonds. The molecule has 84 valence electrons. The minimum absolute atomic E-state index is 0.134. The Morgan fingerprint density at radius 2 is 2.25 bits per heavy atom. The molecular formula is C11H11BrN2O2. The second-order valence-corrected chi connectivity index (χ2v) is 4.26. The predicted molar refractivity (Wildman–Crippen MR) is 62.8 cm³/mol. The van der Waals surface area contributed by atoms with Crippen LogP contribution in [-0.2, 0) is 6.42 Å². The number of aromatic nitrogens is 2.